The van der Waals surface area contributed by atoms with Crippen LogP contribution in [0.25, 0.3) is 0 Å². The Balaban J connectivity index is 1.89. The normalized spacial score (nSPS) is 24.5. The van der Waals surface area contributed by atoms with Crippen molar-refractivity contribution in [2.24, 2.45) is 11.8 Å². The zero-order valence-corrected chi connectivity index (χ0v) is 15.2. The standard InChI is InChI=1S/C17H28N2O5/c1-11(2)13-10-23-16(22)19(13)14(20)8-12-6-7-18(9-12)15(21)24-17(3,4)5/h11-13H,6-10H2,1-5H3/t12-,13-/m1/s1. The number of amides is 3. The first-order valence-electron chi connectivity index (χ1n) is 8.55. The van der Waals surface area contributed by atoms with Crippen LogP contribution in [0.2, 0.25) is 0 Å². The lowest BCUT2D eigenvalue weighted by Gasteiger charge is -2.25. The number of hydrogen-bond acceptors (Lipinski definition) is 5. The summed E-state index contributed by atoms with van der Waals surface area (Å²) in [6.07, 6.45) is 0.0801. The fraction of sp³-hybridized carbons (Fsp3) is 0.824. The maximum absolute atomic E-state index is 12.5. The van der Waals surface area contributed by atoms with E-state index >= 15 is 0 Å². The molecule has 2 atom stereocenters. The van der Waals surface area contributed by atoms with Crippen molar-refractivity contribution in [3.63, 3.8) is 0 Å². The minimum atomic E-state index is -0.555. The topological polar surface area (TPSA) is 76.2 Å². The Morgan fingerprint density at radius 2 is 2.00 bits per heavy atom. The summed E-state index contributed by atoms with van der Waals surface area (Å²) in [4.78, 5) is 39.3. The van der Waals surface area contributed by atoms with Crippen molar-refractivity contribution in [3.05, 3.63) is 0 Å². The Bertz CT molecular complexity index is 512. The third kappa shape index (κ3) is 4.39. The Labute approximate surface area is 143 Å². The molecular formula is C17H28N2O5. The molecule has 0 aliphatic carbocycles. The monoisotopic (exact) mass is 340 g/mol. The predicted octanol–water partition coefficient (Wildman–Crippen LogP) is 2.64. The lowest BCUT2D eigenvalue weighted by atomic mass is 10.0. The number of nitrogens with zero attached hydrogens (tertiary/aromatic N) is 2. The minimum Gasteiger partial charge on any atom is -0.447 e. The predicted molar refractivity (Wildman–Crippen MR) is 87.4 cm³/mol. The highest BCUT2D eigenvalue weighted by Crippen LogP contribution is 2.26. The molecule has 0 aromatic rings. The van der Waals surface area contributed by atoms with Crippen molar-refractivity contribution in [1.29, 1.82) is 0 Å². The molecule has 136 valence electrons. The zero-order chi connectivity index (χ0) is 18.1. The molecule has 2 aliphatic rings. The van der Waals surface area contributed by atoms with E-state index in [9.17, 15) is 14.4 Å². The van der Waals surface area contributed by atoms with Crippen molar-refractivity contribution < 1.29 is 23.9 Å². The molecule has 0 saturated carbocycles. The first-order valence-corrected chi connectivity index (χ1v) is 8.55. The van der Waals surface area contributed by atoms with Gasteiger partial charge < -0.3 is 14.4 Å². The molecule has 2 fully saturated rings. The second-order valence-corrected chi connectivity index (χ2v) is 7.94. The Morgan fingerprint density at radius 1 is 1.33 bits per heavy atom. The van der Waals surface area contributed by atoms with Gasteiger partial charge in [0.15, 0.2) is 0 Å². The maximum Gasteiger partial charge on any atom is 0.416 e. The molecule has 2 rings (SSSR count). The second kappa shape index (κ2) is 6.99. The number of carbonyl (C=O) groups excluding carboxylic acids is 3. The van der Waals surface area contributed by atoms with Gasteiger partial charge in [-0.2, -0.15) is 0 Å². The van der Waals surface area contributed by atoms with Crippen molar-refractivity contribution in [1.82, 2.24) is 9.80 Å². The van der Waals surface area contributed by atoms with Crippen LogP contribution in [-0.2, 0) is 14.3 Å². The van der Waals surface area contributed by atoms with E-state index in [-0.39, 0.29) is 42.9 Å². The van der Waals surface area contributed by atoms with Crippen LogP contribution in [0, 0.1) is 11.8 Å². The van der Waals surface area contributed by atoms with Gasteiger partial charge in [-0.15, -0.1) is 0 Å². The molecule has 7 heteroatoms. The van der Waals surface area contributed by atoms with Crippen molar-refractivity contribution >= 4 is 18.1 Å². The SMILES string of the molecule is CC(C)[C@H]1COC(=O)N1C(=O)C[C@H]1CCN(C(=O)OC(C)(C)C)C1. The quantitative estimate of drug-likeness (QED) is 0.789. The molecule has 24 heavy (non-hydrogen) atoms. The number of hydrogen-bond donors (Lipinski definition) is 0. The molecule has 0 radical (unpaired) electrons. The van der Waals surface area contributed by atoms with E-state index in [0.29, 0.717) is 13.1 Å². The first-order chi connectivity index (χ1) is 11.1. The smallest absolute Gasteiger partial charge is 0.416 e. The molecule has 3 amide bonds. The number of cyclic esters (lactones) is 1. The largest absolute Gasteiger partial charge is 0.447 e. The summed E-state index contributed by atoms with van der Waals surface area (Å²) in [5.41, 5.74) is -0.533. The Kier molecular flexibility index (Phi) is 5.40. The highest BCUT2D eigenvalue weighted by molar-refractivity contribution is 5.93. The summed E-state index contributed by atoms with van der Waals surface area (Å²) >= 11 is 0. The number of likely N-dealkylation sites (tertiary alicyclic amines) is 1. The third-order valence-corrected chi connectivity index (χ3v) is 4.34. The molecule has 2 heterocycles. The van der Waals surface area contributed by atoms with Gasteiger partial charge >= 0.3 is 12.2 Å². The van der Waals surface area contributed by atoms with E-state index in [1.54, 1.807) is 4.90 Å². The van der Waals surface area contributed by atoms with Crippen molar-refractivity contribution in [3.8, 4) is 0 Å². The lowest BCUT2D eigenvalue weighted by Crippen LogP contribution is -2.42. The minimum absolute atomic E-state index is 0.0474. The van der Waals surface area contributed by atoms with Crippen LogP contribution >= 0.6 is 0 Å². The Morgan fingerprint density at radius 3 is 2.58 bits per heavy atom. The van der Waals surface area contributed by atoms with Gasteiger partial charge in [-0.05, 0) is 39.0 Å². The average Bonchev–Trinajstić information content (AvgIpc) is 3.03. The molecule has 0 unspecified atom stereocenters. The number of carbonyl (C=O) groups is 3. The highest BCUT2D eigenvalue weighted by Gasteiger charge is 2.41. The van der Waals surface area contributed by atoms with Gasteiger partial charge in [0.05, 0.1) is 6.04 Å². The number of ether oxygens (including phenoxy) is 2. The summed E-state index contributed by atoms with van der Waals surface area (Å²) in [6.45, 7) is 10.7. The summed E-state index contributed by atoms with van der Waals surface area (Å²) in [7, 11) is 0. The second-order valence-electron chi connectivity index (χ2n) is 7.94. The molecule has 0 spiro atoms. The van der Waals surface area contributed by atoms with E-state index in [1.807, 2.05) is 34.6 Å². The van der Waals surface area contributed by atoms with E-state index in [1.165, 1.54) is 4.90 Å². The zero-order valence-electron chi connectivity index (χ0n) is 15.2. The molecular weight excluding hydrogens is 312 g/mol. The van der Waals surface area contributed by atoms with Crippen LogP contribution in [0.5, 0.6) is 0 Å². The van der Waals surface area contributed by atoms with Gasteiger partial charge in [0.25, 0.3) is 0 Å². The van der Waals surface area contributed by atoms with Gasteiger partial charge in [-0.1, -0.05) is 13.8 Å². The van der Waals surface area contributed by atoms with Crippen LogP contribution in [0.4, 0.5) is 9.59 Å². The molecule has 2 aliphatic heterocycles. The molecule has 0 bridgehead atoms. The highest BCUT2D eigenvalue weighted by atomic mass is 16.6. The van der Waals surface area contributed by atoms with Crippen LogP contribution in [0.1, 0.15) is 47.5 Å². The molecule has 0 N–H and O–H groups in total. The van der Waals surface area contributed by atoms with E-state index in [0.717, 1.165) is 6.42 Å². The van der Waals surface area contributed by atoms with Crippen LogP contribution in [-0.4, -0.2) is 59.2 Å². The first kappa shape index (κ1) is 18.5. The summed E-state index contributed by atoms with van der Waals surface area (Å²) in [5.74, 6) is -0.0132. The van der Waals surface area contributed by atoms with Gasteiger partial charge in [0.2, 0.25) is 5.91 Å². The van der Waals surface area contributed by atoms with Gasteiger partial charge in [0, 0.05) is 19.5 Å². The lowest BCUT2D eigenvalue weighted by molar-refractivity contribution is -0.130. The van der Waals surface area contributed by atoms with E-state index in [2.05, 4.69) is 0 Å². The molecule has 0 aromatic heterocycles. The van der Waals surface area contributed by atoms with Crippen molar-refractivity contribution in [2.75, 3.05) is 19.7 Å². The number of imide groups is 1. The molecule has 2 saturated heterocycles. The Hall–Kier alpha value is -1.79. The van der Waals surface area contributed by atoms with Gasteiger partial charge in [-0.25, -0.2) is 14.5 Å². The third-order valence-electron chi connectivity index (χ3n) is 4.34. The molecule has 0 aromatic carbocycles. The summed E-state index contributed by atoms with van der Waals surface area (Å²) < 4.78 is 10.4. The number of rotatable bonds is 3. The van der Waals surface area contributed by atoms with Crippen LogP contribution in [0.3, 0.4) is 0 Å². The van der Waals surface area contributed by atoms with Crippen molar-refractivity contribution in [2.45, 2.75) is 59.1 Å². The fourth-order valence-electron chi connectivity index (χ4n) is 3.05. The van der Waals surface area contributed by atoms with Crippen LogP contribution in [0.15, 0.2) is 0 Å². The van der Waals surface area contributed by atoms with Gasteiger partial charge in [-0.3, -0.25) is 4.79 Å². The summed E-state index contributed by atoms with van der Waals surface area (Å²) in [5, 5.41) is 0. The summed E-state index contributed by atoms with van der Waals surface area (Å²) in [6, 6.07) is -0.201. The average molecular weight is 340 g/mol. The van der Waals surface area contributed by atoms with E-state index in [4.69, 9.17) is 9.47 Å². The maximum atomic E-state index is 12.5. The molecule has 7 nitrogen and oxygen atoms in total. The van der Waals surface area contributed by atoms with Gasteiger partial charge in [0.1, 0.15) is 12.2 Å². The fourth-order valence-corrected chi connectivity index (χ4v) is 3.05. The van der Waals surface area contributed by atoms with Crippen LogP contribution < -0.4 is 0 Å². The van der Waals surface area contributed by atoms with E-state index < -0.39 is 11.7 Å².